The smallest absolute Gasteiger partial charge is 0.262 e. The molecule has 0 radical (unpaired) electrons. The molecule has 1 atom stereocenters. The molecule has 5 nitrogen and oxygen atoms in total. The summed E-state index contributed by atoms with van der Waals surface area (Å²) in [5, 5.41) is 2.72. The lowest BCUT2D eigenvalue weighted by Gasteiger charge is -2.11. The first-order chi connectivity index (χ1) is 9.38. The molecule has 1 aliphatic heterocycles. The van der Waals surface area contributed by atoms with Crippen LogP contribution in [0.4, 0.5) is 0 Å². The number of hydrogen-bond acceptors (Lipinski definition) is 4. The summed E-state index contributed by atoms with van der Waals surface area (Å²) in [5.41, 5.74) is 0.241. The third-order valence-electron chi connectivity index (χ3n) is 2.97. The molecule has 8 heteroatoms. The quantitative estimate of drug-likeness (QED) is 0.811. The molecular weight excluding hydrogens is 370 g/mol. The second-order valence-corrected chi connectivity index (χ2v) is 7.82. The number of halogens is 2. The minimum absolute atomic E-state index is 0.0330. The van der Waals surface area contributed by atoms with E-state index in [1.54, 1.807) is 0 Å². The van der Waals surface area contributed by atoms with Gasteiger partial charge < -0.3 is 10.1 Å². The van der Waals surface area contributed by atoms with E-state index in [0.717, 1.165) is 12.8 Å². The van der Waals surface area contributed by atoms with Gasteiger partial charge in [0.2, 0.25) is 0 Å². The molecule has 20 heavy (non-hydrogen) atoms. The first-order valence-corrected chi connectivity index (χ1v) is 9.12. The normalized spacial score (nSPS) is 19.0. The van der Waals surface area contributed by atoms with E-state index < -0.39 is 9.05 Å². The van der Waals surface area contributed by atoms with Gasteiger partial charge in [0.1, 0.15) is 0 Å². The Bertz CT molecular complexity index is 614. The van der Waals surface area contributed by atoms with Gasteiger partial charge in [0.25, 0.3) is 15.0 Å². The van der Waals surface area contributed by atoms with Crippen molar-refractivity contribution in [3.05, 3.63) is 28.2 Å². The van der Waals surface area contributed by atoms with Crippen molar-refractivity contribution in [3.8, 4) is 0 Å². The van der Waals surface area contributed by atoms with E-state index in [1.165, 1.54) is 18.2 Å². The van der Waals surface area contributed by atoms with Crippen LogP contribution in [0.3, 0.4) is 0 Å². The Labute approximate surface area is 130 Å². The van der Waals surface area contributed by atoms with E-state index in [4.69, 9.17) is 15.4 Å². The van der Waals surface area contributed by atoms with Gasteiger partial charge in [-0.3, -0.25) is 4.79 Å². The van der Waals surface area contributed by atoms with E-state index in [2.05, 4.69) is 21.2 Å². The van der Waals surface area contributed by atoms with Crippen LogP contribution in [0.5, 0.6) is 0 Å². The molecule has 0 spiro atoms. The van der Waals surface area contributed by atoms with Gasteiger partial charge in [-0.1, -0.05) is 0 Å². The zero-order valence-corrected chi connectivity index (χ0v) is 13.6. The van der Waals surface area contributed by atoms with Crippen molar-refractivity contribution in [1.29, 1.82) is 0 Å². The van der Waals surface area contributed by atoms with Crippen LogP contribution < -0.4 is 5.32 Å². The molecular formula is C12H13BrClNO4S. The van der Waals surface area contributed by atoms with Gasteiger partial charge in [0.05, 0.1) is 11.0 Å². The molecule has 1 N–H and O–H groups in total. The third-order valence-corrected chi connectivity index (χ3v) is 5.29. The maximum Gasteiger partial charge on any atom is 0.262 e. The van der Waals surface area contributed by atoms with E-state index in [9.17, 15) is 13.2 Å². The predicted molar refractivity (Wildman–Crippen MR) is 78.5 cm³/mol. The Balaban J connectivity index is 2.10. The molecule has 2 rings (SSSR count). The number of amides is 1. The van der Waals surface area contributed by atoms with Crippen molar-refractivity contribution in [1.82, 2.24) is 5.32 Å². The fraction of sp³-hybridized carbons (Fsp3) is 0.417. The van der Waals surface area contributed by atoms with Gasteiger partial charge >= 0.3 is 0 Å². The monoisotopic (exact) mass is 381 g/mol. The summed E-state index contributed by atoms with van der Waals surface area (Å²) < 4.78 is 28.5. The highest BCUT2D eigenvalue weighted by molar-refractivity contribution is 9.10. The van der Waals surface area contributed by atoms with Crippen molar-refractivity contribution in [2.24, 2.45) is 0 Å². The van der Waals surface area contributed by atoms with Crippen LogP contribution in [0.2, 0.25) is 0 Å². The van der Waals surface area contributed by atoms with Crippen LogP contribution in [-0.4, -0.2) is 33.6 Å². The van der Waals surface area contributed by atoms with Gasteiger partial charge in [-0.05, 0) is 47.0 Å². The Morgan fingerprint density at radius 1 is 1.50 bits per heavy atom. The van der Waals surface area contributed by atoms with Crippen LogP contribution in [0.25, 0.3) is 0 Å². The fourth-order valence-electron chi connectivity index (χ4n) is 1.95. The fourth-order valence-corrected chi connectivity index (χ4v) is 4.06. The lowest BCUT2D eigenvalue weighted by Crippen LogP contribution is -2.31. The summed E-state index contributed by atoms with van der Waals surface area (Å²) in [6, 6.07) is 4.26. The number of benzene rings is 1. The maximum absolute atomic E-state index is 12.0. The molecule has 1 aromatic rings. The highest BCUT2D eigenvalue weighted by Gasteiger charge is 2.19. The minimum atomic E-state index is -3.90. The summed E-state index contributed by atoms with van der Waals surface area (Å²) >= 11 is 3.09. The van der Waals surface area contributed by atoms with Gasteiger partial charge in [-0.2, -0.15) is 0 Å². The molecule has 1 amide bonds. The zero-order valence-electron chi connectivity index (χ0n) is 10.4. The summed E-state index contributed by atoms with van der Waals surface area (Å²) in [5.74, 6) is -0.352. The predicted octanol–water partition coefficient (Wildman–Crippen LogP) is 2.29. The lowest BCUT2D eigenvalue weighted by atomic mass is 10.2. The molecule has 1 aromatic carbocycles. The summed E-state index contributed by atoms with van der Waals surface area (Å²) in [6.45, 7) is 1.13. The van der Waals surface area contributed by atoms with Crippen molar-refractivity contribution >= 4 is 41.6 Å². The van der Waals surface area contributed by atoms with E-state index >= 15 is 0 Å². The minimum Gasteiger partial charge on any atom is -0.376 e. The van der Waals surface area contributed by atoms with Crippen LogP contribution in [0, 0.1) is 0 Å². The van der Waals surface area contributed by atoms with Gasteiger partial charge in [0, 0.05) is 33.9 Å². The number of ether oxygens (including phenoxy) is 1. The largest absolute Gasteiger partial charge is 0.376 e. The number of hydrogen-bond donors (Lipinski definition) is 1. The third kappa shape index (κ3) is 3.94. The Morgan fingerprint density at radius 3 is 2.85 bits per heavy atom. The molecule has 110 valence electrons. The molecule has 0 saturated carbocycles. The average molecular weight is 383 g/mol. The molecule has 1 heterocycles. The molecule has 1 aliphatic rings. The van der Waals surface area contributed by atoms with Crippen LogP contribution >= 0.6 is 26.6 Å². The molecule has 1 unspecified atom stereocenters. The summed E-state index contributed by atoms with van der Waals surface area (Å²) in [7, 11) is 1.41. The van der Waals surface area contributed by atoms with Crippen LogP contribution in [-0.2, 0) is 13.8 Å². The zero-order chi connectivity index (χ0) is 14.8. The van der Waals surface area contributed by atoms with Crippen molar-refractivity contribution in [2.45, 2.75) is 23.8 Å². The van der Waals surface area contributed by atoms with Gasteiger partial charge in [0.15, 0.2) is 0 Å². The number of carbonyl (C=O) groups excluding carboxylic acids is 1. The van der Waals surface area contributed by atoms with Gasteiger partial charge in [-0.25, -0.2) is 8.42 Å². The lowest BCUT2D eigenvalue weighted by molar-refractivity contribution is 0.0857. The highest BCUT2D eigenvalue weighted by atomic mass is 79.9. The second-order valence-electron chi connectivity index (χ2n) is 4.43. The van der Waals surface area contributed by atoms with Crippen molar-refractivity contribution in [2.75, 3.05) is 13.2 Å². The number of carbonyl (C=O) groups is 1. The molecule has 0 bridgehead atoms. The van der Waals surface area contributed by atoms with Crippen LogP contribution in [0.15, 0.2) is 27.6 Å². The second kappa shape index (κ2) is 6.43. The SMILES string of the molecule is O=C(NCC1CCCO1)c1ccc(Br)c(S(=O)(=O)Cl)c1. The van der Waals surface area contributed by atoms with E-state index in [0.29, 0.717) is 17.6 Å². The van der Waals surface area contributed by atoms with E-state index in [1.807, 2.05) is 0 Å². The summed E-state index contributed by atoms with van der Waals surface area (Å²) in [4.78, 5) is 11.9. The Morgan fingerprint density at radius 2 is 2.25 bits per heavy atom. The molecule has 0 aliphatic carbocycles. The molecule has 0 aromatic heterocycles. The first kappa shape index (κ1) is 15.8. The topological polar surface area (TPSA) is 72.5 Å². The summed E-state index contributed by atoms with van der Waals surface area (Å²) in [6.07, 6.45) is 1.95. The Hall–Kier alpha value is -0.630. The van der Waals surface area contributed by atoms with Gasteiger partial charge in [-0.15, -0.1) is 0 Å². The standard InChI is InChI=1S/C12H13BrClNO4S/c13-10-4-3-8(6-11(10)20(14,17)18)12(16)15-7-9-2-1-5-19-9/h3-4,6,9H,1-2,5,7H2,(H,15,16). The van der Waals surface area contributed by atoms with Crippen molar-refractivity contribution < 1.29 is 17.9 Å². The highest BCUT2D eigenvalue weighted by Crippen LogP contribution is 2.26. The first-order valence-electron chi connectivity index (χ1n) is 6.02. The van der Waals surface area contributed by atoms with Crippen molar-refractivity contribution in [3.63, 3.8) is 0 Å². The number of nitrogens with one attached hydrogen (secondary N) is 1. The molecule has 1 fully saturated rings. The Kier molecular flexibility index (Phi) is 5.06. The van der Waals surface area contributed by atoms with E-state index in [-0.39, 0.29) is 22.5 Å². The maximum atomic E-state index is 12.0. The molecule has 1 saturated heterocycles. The van der Waals surface area contributed by atoms with Crippen LogP contribution in [0.1, 0.15) is 23.2 Å². The average Bonchev–Trinajstić information content (AvgIpc) is 2.88. The number of rotatable bonds is 4.